The van der Waals surface area contributed by atoms with Crippen LogP contribution in [0.15, 0.2) is 127 Å². The molecule has 1 nitrogen and oxygen atoms in total. The molecule has 0 radical (unpaired) electrons. The van der Waals surface area contributed by atoms with E-state index in [4.69, 9.17) is 0 Å². The lowest BCUT2D eigenvalue weighted by Gasteiger charge is -2.54. The number of nitrogens with zero attached hydrogens (tertiary/aromatic N) is 1. The molecule has 13 rings (SSSR count). The number of fused-ring (bicyclic) bond motifs is 19. The molecule has 58 heavy (non-hydrogen) atoms. The average Bonchev–Trinajstić information content (AvgIpc) is 4.06. The number of rotatable bonds is 4. The fourth-order valence-corrected chi connectivity index (χ4v) is 15.6. The van der Waals surface area contributed by atoms with Crippen molar-refractivity contribution in [3.8, 4) is 33.4 Å². The monoisotopic (exact) mass is 753 g/mol. The smallest absolute Gasteiger partial charge is 0.0543 e. The van der Waals surface area contributed by atoms with Gasteiger partial charge in [0.1, 0.15) is 0 Å². The van der Waals surface area contributed by atoms with Crippen LogP contribution in [0, 0.1) is 29.6 Å². The standard InChI is InChI=1S/C57H55N/c1-4-37-29-35-13-11-14-39(30-35)57(37)51-20-10-7-17-44(51)54-52(57)21-12-22-53(54)58(40-25-27-48-45(32-40)42-15-5-8-18-47(42)55(48,2)3)41-26-28-50-46(33-41)43-16-6-9-19-49(43)56(50)34-36-23-24-38(56)31-36/h5-10,12,15-22,25-28,32-33,35-39H,4,11,13-14,23-24,29-31,34H2,1-3H3. The summed E-state index contributed by atoms with van der Waals surface area (Å²) in [5, 5.41) is 0. The van der Waals surface area contributed by atoms with Gasteiger partial charge in [-0.15, -0.1) is 0 Å². The summed E-state index contributed by atoms with van der Waals surface area (Å²) in [6, 6.07) is 50.9. The highest BCUT2D eigenvalue weighted by Crippen LogP contribution is 2.68. The molecule has 7 aliphatic carbocycles. The Balaban J connectivity index is 1.07. The molecule has 288 valence electrons. The van der Waals surface area contributed by atoms with Crippen molar-refractivity contribution >= 4 is 17.1 Å². The van der Waals surface area contributed by atoms with Gasteiger partial charge in [-0.1, -0.05) is 144 Å². The highest BCUT2D eigenvalue weighted by molar-refractivity contribution is 5.97. The predicted octanol–water partition coefficient (Wildman–Crippen LogP) is 15.1. The van der Waals surface area contributed by atoms with Crippen LogP contribution in [0.5, 0.6) is 0 Å². The zero-order valence-electron chi connectivity index (χ0n) is 34.5. The van der Waals surface area contributed by atoms with Gasteiger partial charge >= 0.3 is 0 Å². The minimum atomic E-state index is -0.0329. The molecule has 6 aromatic carbocycles. The minimum Gasteiger partial charge on any atom is -0.310 e. The topological polar surface area (TPSA) is 3.24 Å². The first kappa shape index (κ1) is 34.0. The molecular weight excluding hydrogens is 699 g/mol. The Kier molecular flexibility index (Phi) is 6.96. The van der Waals surface area contributed by atoms with Crippen molar-refractivity contribution in [3.63, 3.8) is 0 Å². The Morgan fingerprint density at radius 1 is 0.517 bits per heavy atom. The van der Waals surface area contributed by atoms with Crippen LogP contribution in [-0.4, -0.2) is 0 Å². The summed E-state index contributed by atoms with van der Waals surface area (Å²) >= 11 is 0. The summed E-state index contributed by atoms with van der Waals surface area (Å²) < 4.78 is 0. The second kappa shape index (κ2) is 11.9. The molecule has 0 heterocycles. The van der Waals surface area contributed by atoms with Crippen LogP contribution in [0.4, 0.5) is 17.1 Å². The van der Waals surface area contributed by atoms with Gasteiger partial charge in [0.25, 0.3) is 0 Å². The van der Waals surface area contributed by atoms with Crippen LogP contribution >= 0.6 is 0 Å². The Morgan fingerprint density at radius 3 is 1.88 bits per heavy atom. The molecule has 4 fully saturated rings. The Hall–Kier alpha value is -4.88. The maximum Gasteiger partial charge on any atom is 0.0543 e. The lowest BCUT2D eigenvalue weighted by atomic mass is 9.50. The fourth-order valence-electron chi connectivity index (χ4n) is 15.6. The van der Waals surface area contributed by atoms with E-state index >= 15 is 0 Å². The Morgan fingerprint density at radius 2 is 1.14 bits per heavy atom. The largest absolute Gasteiger partial charge is 0.310 e. The normalized spacial score (nSPS) is 29.5. The van der Waals surface area contributed by atoms with Crippen molar-refractivity contribution in [3.05, 3.63) is 161 Å². The van der Waals surface area contributed by atoms with Crippen molar-refractivity contribution in [1.29, 1.82) is 0 Å². The van der Waals surface area contributed by atoms with Crippen molar-refractivity contribution in [1.82, 2.24) is 0 Å². The third-order valence-electron chi connectivity index (χ3n) is 17.7. The summed E-state index contributed by atoms with van der Waals surface area (Å²) in [7, 11) is 0. The van der Waals surface area contributed by atoms with Gasteiger partial charge in [-0.25, -0.2) is 0 Å². The van der Waals surface area contributed by atoms with Gasteiger partial charge < -0.3 is 4.90 Å². The van der Waals surface area contributed by atoms with E-state index in [1.165, 1.54) is 126 Å². The molecule has 7 unspecified atom stereocenters. The molecule has 0 aromatic heterocycles. The van der Waals surface area contributed by atoms with Crippen LogP contribution in [0.2, 0.25) is 0 Å². The molecule has 0 aliphatic heterocycles. The lowest BCUT2D eigenvalue weighted by molar-refractivity contribution is 0.0557. The first-order chi connectivity index (χ1) is 28.4. The van der Waals surface area contributed by atoms with E-state index in [-0.39, 0.29) is 16.2 Å². The summed E-state index contributed by atoms with van der Waals surface area (Å²) in [5.74, 6) is 3.87. The van der Waals surface area contributed by atoms with E-state index < -0.39 is 0 Å². The number of anilines is 3. The first-order valence-electron chi connectivity index (χ1n) is 22.9. The molecule has 0 amide bonds. The maximum absolute atomic E-state index is 2.69. The molecule has 4 bridgehead atoms. The van der Waals surface area contributed by atoms with Crippen molar-refractivity contribution in [2.24, 2.45) is 29.6 Å². The van der Waals surface area contributed by atoms with Crippen molar-refractivity contribution in [2.75, 3.05) is 4.90 Å². The van der Waals surface area contributed by atoms with Crippen molar-refractivity contribution < 1.29 is 0 Å². The van der Waals surface area contributed by atoms with Crippen LogP contribution in [0.1, 0.15) is 118 Å². The van der Waals surface area contributed by atoms with E-state index in [9.17, 15) is 0 Å². The van der Waals surface area contributed by atoms with Gasteiger partial charge in [-0.05, 0) is 160 Å². The molecule has 4 saturated carbocycles. The van der Waals surface area contributed by atoms with E-state index in [1.54, 1.807) is 22.3 Å². The third-order valence-corrected chi connectivity index (χ3v) is 17.7. The second-order valence-corrected chi connectivity index (χ2v) is 20.2. The zero-order chi connectivity index (χ0) is 38.5. The first-order valence-corrected chi connectivity index (χ1v) is 22.9. The Labute approximate surface area is 345 Å². The molecule has 7 atom stereocenters. The fraction of sp³-hybridized carbons (Fsp3) is 0.368. The summed E-state index contributed by atoms with van der Waals surface area (Å²) in [5.41, 5.74) is 22.0. The van der Waals surface area contributed by atoms with Gasteiger partial charge in [-0.3, -0.25) is 0 Å². The summed E-state index contributed by atoms with van der Waals surface area (Å²) in [6.07, 6.45) is 13.6. The van der Waals surface area contributed by atoms with Gasteiger partial charge in [0.15, 0.2) is 0 Å². The quantitative estimate of drug-likeness (QED) is 0.173. The number of hydrogen-bond acceptors (Lipinski definition) is 1. The molecule has 1 heteroatoms. The number of hydrogen-bond donors (Lipinski definition) is 0. The van der Waals surface area contributed by atoms with Crippen molar-refractivity contribution in [2.45, 2.75) is 101 Å². The van der Waals surface area contributed by atoms with Gasteiger partial charge in [0.05, 0.1) is 5.69 Å². The second-order valence-electron chi connectivity index (χ2n) is 20.2. The SMILES string of the molecule is CCC1CC2CCCC(C2)C12c1ccccc1-c1c(N(c3ccc4c(c3)-c3ccccc3C4(C)C)c3ccc4c(c3)-c3ccccc3C43CC4CCC3C4)cccc12. The summed E-state index contributed by atoms with van der Waals surface area (Å²) in [6.45, 7) is 7.30. The third kappa shape index (κ3) is 4.14. The highest BCUT2D eigenvalue weighted by Gasteiger charge is 2.58. The van der Waals surface area contributed by atoms with E-state index in [0.717, 1.165) is 17.8 Å². The molecule has 0 saturated heterocycles. The van der Waals surface area contributed by atoms with Gasteiger partial charge in [0.2, 0.25) is 0 Å². The lowest BCUT2D eigenvalue weighted by Crippen LogP contribution is -2.48. The van der Waals surface area contributed by atoms with E-state index in [2.05, 4.69) is 153 Å². The molecular formula is C57H55N. The average molecular weight is 754 g/mol. The molecule has 2 spiro atoms. The van der Waals surface area contributed by atoms with E-state index in [1.807, 2.05) is 0 Å². The molecule has 7 aliphatic rings. The highest BCUT2D eigenvalue weighted by atomic mass is 15.1. The number of benzene rings is 6. The van der Waals surface area contributed by atoms with Crippen LogP contribution in [0.25, 0.3) is 33.4 Å². The predicted molar refractivity (Wildman–Crippen MR) is 240 cm³/mol. The zero-order valence-corrected chi connectivity index (χ0v) is 34.5. The summed E-state index contributed by atoms with van der Waals surface area (Å²) in [4.78, 5) is 2.69. The van der Waals surface area contributed by atoms with Crippen LogP contribution in [-0.2, 0) is 16.2 Å². The van der Waals surface area contributed by atoms with Crippen LogP contribution in [0.3, 0.4) is 0 Å². The van der Waals surface area contributed by atoms with Gasteiger partial charge in [0, 0.05) is 33.2 Å². The minimum absolute atomic E-state index is 0.0329. The Bertz CT molecular complexity index is 2690. The molecule has 6 aromatic rings. The van der Waals surface area contributed by atoms with Crippen LogP contribution < -0.4 is 4.90 Å². The van der Waals surface area contributed by atoms with Gasteiger partial charge in [-0.2, -0.15) is 0 Å². The maximum atomic E-state index is 2.69. The van der Waals surface area contributed by atoms with E-state index in [0.29, 0.717) is 11.8 Å². The molecule has 0 N–H and O–H groups in total.